The fourth-order valence-electron chi connectivity index (χ4n) is 2.60. The van der Waals surface area contributed by atoms with Gasteiger partial charge in [0.05, 0.1) is 0 Å². The topological polar surface area (TPSA) is 17.0 Å². The summed E-state index contributed by atoms with van der Waals surface area (Å²) in [5.74, 6) is 0. The number of rotatable bonds is 4. The molecule has 102 valence electrons. The molecule has 2 aromatic carbocycles. The smallest absolute Gasteiger partial charge is 0.0491 e. The highest BCUT2D eigenvalue weighted by molar-refractivity contribution is 6.31. The monoisotopic (exact) mass is 284 g/mol. The van der Waals surface area contributed by atoms with Gasteiger partial charge in [-0.1, -0.05) is 48.0 Å². The summed E-state index contributed by atoms with van der Waals surface area (Å²) in [5, 5.41) is 5.35. The summed E-state index contributed by atoms with van der Waals surface area (Å²) in [5.41, 5.74) is 3.71. The van der Waals surface area contributed by atoms with Crippen LogP contribution in [0.2, 0.25) is 5.02 Å². The van der Waals surface area contributed by atoms with Crippen LogP contribution in [0.1, 0.15) is 11.1 Å². The molecule has 0 amide bonds. The van der Waals surface area contributed by atoms with E-state index in [-0.39, 0.29) is 0 Å². The Bertz CT molecular complexity index is 731. The number of hydrogen-bond acceptors (Lipinski definition) is 1. The van der Waals surface area contributed by atoms with Crippen LogP contribution < -0.4 is 5.32 Å². The SMILES string of the molecule is CNCc1cn(Cc2ccccc2Cl)c2ccccc12. The van der Waals surface area contributed by atoms with Crippen LogP contribution in [0.25, 0.3) is 10.9 Å². The van der Waals surface area contributed by atoms with Gasteiger partial charge in [0.1, 0.15) is 0 Å². The van der Waals surface area contributed by atoms with Crippen molar-refractivity contribution in [2.24, 2.45) is 0 Å². The van der Waals surface area contributed by atoms with Crippen LogP contribution in [-0.2, 0) is 13.1 Å². The third-order valence-corrected chi connectivity index (χ3v) is 3.91. The number of nitrogens with zero attached hydrogens (tertiary/aromatic N) is 1. The van der Waals surface area contributed by atoms with Gasteiger partial charge >= 0.3 is 0 Å². The van der Waals surface area contributed by atoms with Crippen molar-refractivity contribution in [2.45, 2.75) is 13.1 Å². The average Bonchev–Trinajstić information content (AvgIpc) is 2.81. The molecule has 0 saturated carbocycles. The molecule has 1 aromatic heterocycles. The van der Waals surface area contributed by atoms with Crippen molar-refractivity contribution in [1.29, 1.82) is 0 Å². The zero-order valence-corrected chi connectivity index (χ0v) is 12.2. The molecule has 2 nitrogen and oxygen atoms in total. The van der Waals surface area contributed by atoms with E-state index in [1.807, 2.05) is 25.2 Å². The van der Waals surface area contributed by atoms with E-state index >= 15 is 0 Å². The zero-order valence-electron chi connectivity index (χ0n) is 11.4. The first kappa shape index (κ1) is 13.2. The lowest BCUT2D eigenvalue weighted by Gasteiger charge is -2.07. The van der Waals surface area contributed by atoms with Gasteiger partial charge in [-0.05, 0) is 30.3 Å². The zero-order chi connectivity index (χ0) is 13.9. The standard InChI is InChI=1S/C17H17ClN2/c1-19-10-14-12-20(17-9-5-3-7-15(14)17)11-13-6-2-4-8-16(13)18/h2-9,12,19H,10-11H2,1H3. The van der Waals surface area contributed by atoms with Crippen LogP contribution in [0.3, 0.4) is 0 Å². The fourth-order valence-corrected chi connectivity index (χ4v) is 2.79. The lowest BCUT2D eigenvalue weighted by atomic mass is 10.2. The Morgan fingerprint density at radius 3 is 2.55 bits per heavy atom. The third-order valence-electron chi connectivity index (χ3n) is 3.54. The predicted octanol–water partition coefficient (Wildman–Crippen LogP) is 4.06. The van der Waals surface area contributed by atoms with Crippen molar-refractivity contribution < 1.29 is 0 Å². The van der Waals surface area contributed by atoms with Crippen LogP contribution in [-0.4, -0.2) is 11.6 Å². The molecule has 0 aliphatic heterocycles. The van der Waals surface area contributed by atoms with Crippen LogP contribution in [0.4, 0.5) is 0 Å². The minimum Gasteiger partial charge on any atom is -0.343 e. The van der Waals surface area contributed by atoms with E-state index in [2.05, 4.69) is 46.4 Å². The Morgan fingerprint density at radius 2 is 1.75 bits per heavy atom. The van der Waals surface area contributed by atoms with Crippen molar-refractivity contribution in [2.75, 3.05) is 7.05 Å². The Morgan fingerprint density at radius 1 is 1.00 bits per heavy atom. The second-order valence-electron chi connectivity index (χ2n) is 4.92. The molecule has 3 heteroatoms. The van der Waals surface area contributed by atoms with Crippen LogP contribution in [0, 0.1) is 0 Å². The van der Waals surface area contributed by atoms with E-state index in [9.17, 15) is 0 Å². The third kappa shape index (κ3) is 2.45. The largest absolute Gasteiger partial charge is 0.343 e. The van der Waals surface area contributed by atoms with E-state index in [0.717, 1.165) is 23.7 Å². The van der Waals surface area contributed by atoms with Crippen molar-refractivity contribution in [3.8, 4) is 0 Å². The molecule has 0 saturated heterocycles. The minimum absolute atomic E-state index is 0.796. The van der Waals surface area contributed by atoms with Gasteiger partial charge in [0.15, 0.2) is 0 Å². The lowest BCUT2D eigenvalue weighted by Crippen LogP contribution is -2.04. The average molecular weight is 285 g/mol. The van der Waals surface area contributed by atoms with Gasteiger partial charge in [0.25, 0.3) is 0 Å². The van der Waals surface area contributed by atoms with Gasteiger partial charge in [-0.25, -0.2) is 0 Å². The quantitative estimate of drug-likeness (QED) is 0.764. The molecule has 1 N–H and O–H groups in total. The highest BCUT2D eigenvalue weighted by atomic mass is 35.5. The minimum atomic E-state index is 0.796. The molecule has 0 unspecified atom stereocenters. The van der Waals surface area contributed by atoms with Crippen LogP contribution in [0.15, 0.2) is 54.7 Å². The second-order valence-corrected chi connectivity index (χ2v) is 5.33. The van der Waals surface area contributed by atoms with Gasteiger partial charge in [-0.2, -0.15) is 0 Å². The van der Waals surface area contributed by atoms with E-state index < -0.39 is 0 Å². The first-order chi connectivity index (χ1) is 9.79. The summed E-state index contributed by atoms with van der Waals surface area (Å²) in [7, 11) is 1.97. The molecule has 0 aliphatic carbocycles. The van der Waals surface area contributed by atoms with Crippen molar-refractivity contribution in [3.05, 3.63) is 70.9 Å². The molecular formula is C17H17ClN2. The van der Waals surface area contributed by atoms with E-state index in [1.54, 1.807) is 0 Å². The summed E-state index contributed by atoms with van der Waals surface area (Å²) >= 11 is 6.27. The highest BCUT2D eigenvalue weighted by Crippen LogP contribution is 2.24. The molecule has 3 aromatic rings. The van der Waals surface area contributed by atoms with E-state index in [4.69, 9.17) is 11.6 Å². The number of aromatic nitrogens is 1. The van der Waals surface area contributed by atoms with Gasteiger partial charge in [0, 0.05) is 35.2 Å². The molecule has 1 heterocycles. The number of halogens is 1. The number of para-hydroxylation sites is 1. The van der Waals surface area contributed by atoms with Gasteiger partial charge in [-0.15, -0.1) is 0 Å². The summed E-state index contributed by atoms with van der Waals surface area (Å²) in [6.07, 6.45) is 2.21. The summed E-state index contributed by atoms with van der Waals surface area (Å²) in [4.78, 5) is 0. The predicted molar refractivity (Wildman–Crippen MR) is 85.3 cm³/mol. The van der Waals surface area contributed by atoms with Gasteiger partial charge in [0.2, 0.25) is 0 Å². The molecule has 3 rings (SSSR count). The summed E-state index contributed by atoms with van der Waals surface area (Å²) < 4.78 is 2.27. The Balaban J connectivity index is 2.05. The second kappa shape index (κ2) is 5.70. The molecular weight excluding hydrogens is 268 g/mol. The van der Waals surface area contributed by atoms with Crippen LogP contribution >= 0.6 is 11.6 Å². The molecule has 0 radical (unpaired) electrons. The molecule has 0 fully saturated rings. The van der Waals surface area contributed by atoms with E-state index in [1.165, 1.54) is 16.5 Å². The summed E-state index contributed by atoms with van der Waals surface area (Å²) in [6, 6.07) is 16.5. The maximum atomic E-state index is 6.27. The molecule has 0 aliphatic rings. The number of nitrogens with one attached hydrogen (secondary N) is 1. The highest BCUT2D eigenvalue weighted by Gasteiger charge is 2.08. The Hall–Kier alpha value is -1.77. The van der Waals surface area contributed by atoms with Crippen molar-refractivity contribution in [3.63, 3.8) is 0 Å². The van der Waals surface area contributed by atoms with Crippen molar-refractivity contribution in [1.82, 2.24) is 9.88 Å². The maximum absolute atomic E-state index is 6.27. The number of fused-ring (bicyclic) bond motifs is 1. The van der Waals surface area contributed by atoms with Crippen molar-refractivity contribution >= 4 is 22.5 Å². The number of hydrogen-bond donors (Lipinski definition) is 1. The number of benzene rings is 2. The molecule has 0 bridgehead atoms. The normalized spacial score (nSPS) is 11.1. The Kier molecular flexibility index (Phi) is 3.77. The first-order valence-electron chi connectivity index (χ1n) is 6.74. The maximum Gasteiger partial charge on any atom is 0.0491 e. The summed E-state index contributed by atoms with van der Waals surface area (Å²) in [6.45, 7) is 1.67. The fraction of sp³-hybridized carbons (Fsp3) is 0.176. The molecule has 0 spiro atoms. The van der Waals surface area contributed by atoms with Gasteiger partial charge in [-0.3, -0.25) is 0 Å². The van der Waals surface area contributed by atoms with Gasteiger partial charge < -0.3 is 9.88 Å². The van der Waals surface area contributed by atoms with Crippen LogP contribution in [0.5, 0.6) is 0 Å². The first-order valence-corrected chi connectivity index (χ1v) is 7.12. The Labute approximate surface area is 124 Å². The molecule has 20 heavy (non-hydrogen) atoms. The van der Waals surface area contributed by atoms with E-state index in [0.29, 0.717) is 0 Å². The molecule has 0 atom stereocenters. The lowest BCUT2D eigenvalue weighted by molar-refractivity contribution is 0.795.